The molecule has 3 N–H and O–H groups in total. The fourth-order valence-corrected chi connectivity index (χ4v) is 0.702. The van der Waals surface area contributed by atoms with E-state index in [-0.39, 0.29) is 19.3 Å². The minimum absolute atomic E-state index is 0. The van der Waals surface area contributed by atoms with Gasteiger partial charge in [-0.05, 0) is 33.4 Å². The molecule has 1 unspecified atom stereocenters. The molecular formula is C8H20N2O. The molecule has 11 heavy (non-hydrogen) atoms. The first kappa shape index (κ1) is 13.2. The van der Waals surface area contributed by atoms with E-state index >= 15 is 0 Å². The van der Waals surface area contributed by atoms with Crippen LogP contribution in [0, 0.1) is 0 Å². The summed E-state index contributed by atoms with van der Waals surface area (Å²) in [5.41, 5.74) is 5.48. The fourth-order valence-electron chi connectivity index (χ4n) is 0.702. The summed E-state index contributed by atoms with van der Waals surface area (Å²) in [7, 11) is 1.89. The Morgan fingerprint density at radius 3 is 2.55 bits per heavy atom. The molecule has 3 nitrogen and oxygen atoms in total. The molecule has 0 radical (unpaired) electrons. The number of hydrogen-bond acceptors (Lipinski definition) is 3. The number of carbonyl (C=O) groups is 1. The standard InChI is InChI=1S/C7H16N2O.CH4/c1-6(10)7(8)4-3-5-9-2;/h7,9H,3-5,8H2,1-2H3;1H4. The van der Waals surface area contributed by atoms with Gasteiger partial charge in [-0.25, -0.2) is 0 Å². The smallest absolute Gasteiger partial charge is 0.146 e. The molecule has 0 rings (SSSR count). The number of nitrogens with two attached hydrogens (primary N) is 1. The van der Waals surface area contributed by atoms with Crippen LogP contribution in [0.3, 0.4) is 0 Å². The maximum absolute atomic E-state index is 10.6. The zero-order valence-electron chi connectivity index (χ0n) is 6.68. The van der Waals surface area contributed by atoms with Gasteiger partial charge in [-0.2, -0.15) is 0 Å². The van der Waals surface area contributed by atoms with Crippen LogP contribution in [0.25, 0.3) is 0 Å². The normalized spacial score (nSPS) is 11.9. The molecule has 0 bridgehead atoms. The van der Waals surface area contributed by atoms with Gasteiger partial charge in [-0.3, -0.25) is 4.79 Å². The average Bonchev–Trinajstić information content (AvgIpc) is 1.88. The molecule has 0 fully saturated rings. The quantitative estimate of drug-likeness (QED) is 0.577. The third-order valence-corrected chi connectivity index (χ3v) is 1.46. The van der Waals surface area contributed by atoms with Crippen LogP contribution in [0.15, 0.2) is 0 Å². The van der Waals surface area contributed by atoms with E-state index in [1.165, 1.54) is 6.92 Å². The van der Waals surface area contributed by atoms with Gasteiger partial charge in [0, 0.05) is 0 Å². The molecule has 1 atom stereocenters. The van der Waals surface area contributed by atoms with E-state index < -0.39 is 0 Å². The van der Waals surface area contributed by atoms with E-state index in [1.54, 1.807) is 0 Å². The predicted molar refractivity (Wildman–Crippen MR) is 48.5 cm³/mol. The molecule has 0 saturated heterocycles. The first-order valence-electron chi connectivity index (χ1n) is 3.59. The van der Waals surface area contributed by atoms with Crippen LogP contribution in [-0.2, 0) is 4.79 Å². The number of Topliss-reactive ketones (excluding diaryl/α,β-unsaturated/α-hetero) is 1. The number of rotatable bonds is 5. The summed E-state index contributed by atoms with van der Waals surface area (Å²) in [6.45, 7) is 2.46. The van der Waals surface area contributed by atoms with E-state index in [0.29, 0.717) is 0 Å². The topological polar surface area (TPSA) is 55.1 Å². The third kappa shape index (κ3) is 7.49. The van der Waals surface area contributed by atoms with Crippen molar-refractivity contribution < 1.29 is 4.79 Å². The van der Waals surface area contributed by atoms with E-state index in [2.05, 4.69) is 5.32 Å². The summed E-state index contributed by atoms with van der Waals surface area (Å²) in [6, 6.07) is -0.256. The molecule has 0 saturated carbocycles. The maximum Gasteiger partial charge on any atom is 0.146 e. The second-order valence-corrected chi connectivity index (χ2v) is 2.46. The van der Waals surface area contributed by atoms with E-state index in [4.69, 9.17) is 5.73 Å². The van der Waals surface area contributed by atoms with Crippen molar-refractivity contribution in [1.29, 1.82) is 0 Å². The average molecular weight is 160 g/mol. The Bertz CT molecular complexity index is 104. The van der Waals surface area contributed by atoms with Crippen molar-refractivity contribution in [3.63, 3.8) is 0 Å². The zero-order valence-corrected chi connectivity index (χ0v) is 6.68. The fraction of sp³-hybridized carbons (Fsp3) is 0.875. The van der Waals surface area contributed by atoms with Gasteiger partial charge in [0.2, 0.25) is 0 Å². The van der Waals surface area contributed by atoms with Crippen molar-refractivity contribution in [1.82, 2.24) is 5.32 Å². The largest absolute Gasteiger partial charge is 0.322 e. The molecule has 0 heterocycles. The van der Waals surface area contributed by atoms with E-state index in [9.17, 15) is 4.79 Å². The van der Waals surface area contributed by atoms with Crippen LogP contribution in [-0.4, -0.2) is 25.4 Å². The number of nitrogens with one attached hydrogen (secondary N) is 1. The first-order chi connectivity index (χ1) is 4.68. The molecule has 0 spiro atoms. The molecule has 0 aliphatic heterocycles. The highest BCUT2D eigenvalue weighted by Crippen LogP contribution is 1.93. The first-order valence-corrected chi connectivity index (χ1v) is 3.59. The Morgan fingerprint density at radius 2 is 2.18 bits per heavy atom. The lowest BCUT2D eigenvalue weighted by molar-refractivity contribution is -0.118. The van der Waals surface area contributed by atoms with E-state index in [0.717, 1.165) is 19.4 Å². The molecule has 68 valence electrons. The van der Waals surface area contributed by atoms with Crippen LogP contribution in [0.5, 0.6) is 0 Å². The highest BCUT2D eigenvalue weighted by Gasteiger charge is 2.05. The van der Waals surface area contributed by atoms with Crippen molar-refractivity contribution in [3.8, 4) is 0 Å². The van der Waals surface area contributed by atoms with Gasteiger partial charge < -0.3 is 11.1 Å². The Kier molecular flexibility index (Phi) is 9.23. The molecule has 0 aliphatic rings. The van der Waals surface area contributed by atoms with Crippen LogP contribution >= 0.6 is 0 Å². The minimum Gasteiger partial charge on any atom is -0.322 e. The number of carbonyl (C=O) groups excluding carboxylic acids is 1. The van der Waals surface area contributed by atoms with Crippen molar-refractivity contribution in [3.05, 3.63) is 0 Å². The maximum atomic E-state index is 10.6. The van der Waals surface area contributed by atoms with Gasteiger partial charge in [0.15, 0.2) is 0 Å². The third-order valence-electron chi connectivity index (χ3n) is 1.46. The zero-order chi connectivity index (χ0) is 7.98. The SMILES string of the molecule is C.CNCCCC(N)C(C)=O. The molecule has 0 aliphatic carbocycles. The van der Waals surface area contributed by atoms with Crippen LogP contribution < -0.4 is 11.1 Å². The summed E-state index contributed by atoms with van der Waals surface area (Å²) in [4.78, 5) is 10.6. The summed E-state index contributed by atoms with van der Waals surface area (Å²) < 4.78 is 0. The summed E-state index contributed by atoms with van der Waals surface area (Å²) in [5.74, 6) is 0.0797. The predicted octanol–water partition coefficient (Wildman–Crippen LogP) is 0.538. The monoisotopic (exact) mass is 160 g/mol. The molecule has 0 aromatic heterocycles. The van der Waals surface area contributed by atoms with Crippen molar-refractivity contribution in [2.75, 3.05) is 13.6 Å². The highest BCUT2D eigenvalue weighted by molar-refractivity contribution is 5.80. The lowest BCUT2D eigenvalue weighted by Crippen LogP contribution is -2.28. The molecule has 3 heteroatoms. The highest BCUT2D eigenvalue weighted by atomic mass is 16.1. The summed E-state index contributed by atoms with van der Waals surface area (Å²) >= 11 is 0. The lowest BCUT2D eigenvalue weighted by atomic mass is 10.1. The molecular weight excluding hydrogens is 140 g/mol. The lowest BCUT2D eigenvalue weighted by Gasteiger charge is -2.05. The molecule has 0 amide bonds. The second kappa shape index (κ2) is 7.69. The summed E-state index contributed by atoms with van der Waals surface area (Å²) in [5, 5.41) is 3.00. The number of hydrogen-bond donors (Lipinski definition) is 2. The Balaban J connectivity index is 0. The number of ketones is 1. The van der Waals surface area contributed by atoms with Crippen molar-refractivity contribution >= 4 is 5.78 Å². The van der Waals surface area contributed by atoms with Gasteiger partial charge in [0.25, 0.3) is 0 Å². The van der Waals surface area contributed by atoms with Gasteiger partial charge in [0.1, 0.15) is 5.78 Å². The van der Waals surface area contributed by atoms with Gasteiger partial charge in [0.05, 0.1) is 6.04 Å². The van der Waals surface area contributed by atoms with Crippen molar-refractivity contribution in [2.24, 2.45) is 5.73 Å². The Morgan fingerprint density at radius 1 is 1.64 bits per heavy atom. The minimum atomic E-state index is -0.256. The Labute approximate surface area is 69.4 Å². The Hall–Kier alpha value is -0.410. The van der Waals surface area contributed by atoms with Gasteiger partial charge in [-0.1, -0.05) is 7.43 Å². The van der Waals surface area contributed by atoms with Gasteiger partial charge >= 0.3 is 0 Å². The molecule has 0 aromatic rings. The molecule has 0 aromatic carbocycles. The van der Waals surface area contributed by atoms with Crippen molar-refractivity contribution in [2.45, 2.75) is 33.2 Å². The van der Waals surface area contributed by atoms with Crippen LogP contribution in [0.4, 0.5) is 0 Å². The van der Waals surface area contributed by atoms with Crippen LogP contribution in [0.1, 0.15) is 27.2 Å². The van der Waals surface area contributed by atoms with E-state index in [1.807, 2.05) is 7.05 Å². The van der Waals surface area contributed by atoms with Gasteiger partial charge in [-0.15, -0.1) is 0 Å². The second-order valence-electron chi connectivity index (χ2n) is 2.46. The van der Waals surface area contributed by atoms with Crippen LogP contribution in [0.2, 0.25) is 0 Å². The summed E-state index contributed by atoms with van der Waals surface area (Å²) in [6.07, 6.45) is 1.76.